The summed E-state index contributed by atoms with van der Waals surface area (Å²) in [5.74, 6) is 1.13. The van der Waals surface area contributed by atoms with Crippen molar-refractivity contribution in [3.8, 4) is 11.5 Å². The van der Waals surface area contributed by atoms with Crippen LogP contribution >= 0.6 is 0 Å². The Hall–Kier alpha value is -3.80. The Morgan fingerprint density at radius 1 is 0.886 bits per heavy atom. The maximum atomic E-state index is 13.8. The van der Waals surface area contributed by atoms with Gasteiger partial charge in [0.05, 0.1) is 26.2 Å². The van der Waals surface area contributed by atoms with Crippen LogP contribution in [0.3, 0.4) is 0 Å². The SMILES string of the molecule is COc1ccc([C@H]2[C@H](C(=O)N(C)c3ccc(C(C)C)cc3)CC(=O)N2c2ccc(OC)cc2)cc1. The largest absolute Gasteiger partial charge is 0.497 e. The molecule has 1 fully saturated rings. The van der Waals surface area contributed by atoms with E-state index >= 15 is 0 Å². The number of anilines is 2. The third kappa shape index (κ3) is 4.87. The Bertz CT molecular complexity index is 1170. The van der Waals surface area contributed by atoms with Gasteiger partial charge in [0.25, 0.3) is 0 Å². The van der Waals surface area contributed by atoms with Crippen LogP contribution in [0.5, 0.6) is 11.5 Å². The summed E-state index contributed by atoms with van der Waals surface area (Å²) in [7, 11) is 5.00. The van der Waals surface area contributed by atoms with Crippen molar-refractivity contribution in [2.24, 2.45) is 5.92 Å². The van der Waals surface area contributed by atoms with E-state index in [2.05, 4.69) is 13.8 Å². The van der Waals surface area contributed by atoms with Gasteiger partial charge in [0.15, 0.2) is 0 Å². The summed E-state index contributed by atoms with van der Waals surface area (Å²) in [6.07, 6.45) is 0.135. The Kier molecular flexibility index (Phi) is 7.10. The van der Waals surface area contributed by atoms with E-state index in [1.165, 1.54) is 5.56 Å². The molecule has 6 heteroatoms. The predicted molar refractivity (Wildman–Crippen MR) is 138 cm³/mol. The molecule has 0 radical (unpaired) electrons. The predicted octanol–water partition coefficient (Wildman–Crippen LogP) is 5.58. The number of carbonyl (C=O) groups excluding carboxylic acids is 2. The molecule has 4 rings (SSSR count). The number of carbonyl (C=O) groups is 2. The summed E-state index contributed by atoms with van der Waals surface area (Å²) >= 11 is 0. The average Bonchev–Trinajstić information content (AvgIpc) is 3.24. The summed E-state index contributed by atoms with van der Waals surface area (Å²) in [6, 6.07) is 22.5. The van der Waals surface area contributed by atoms with E-state index in [9.17, 15) is 9.59 Å². The lowest BCUT2D eigenvalue weighted by atomic mass is 9.91. The Balaban J connectivity index is 1.70. The fourth-order valence-electron chi connectivity index (χ4n) is 4.64. The molecule has 2 atom stereocenters. The molecule has 1 saturated heterocycles. The van der Waals surface area contributed by atoms with Crippen molar-refractivity contribution in [1.29, 1.82) is 0 Å². The lowest BCUT2D eigenvalue weighted by molar-refractivity contribution is -0.124. The zero-order valence-electron chi connectivity index (χ0n) is 20.9. The third-order valence-corrected chi connectivity index (χ3v) is 6.73. The fraction of sp³-hybridized carbons (Fsp3) is 0.310. The Morgan fingerprint density at radius 2 is 1.43 bits per heavy atom. The second-order valence-corrected chi connectivity index (χ2v) is 9.13. The first-order valence-corrected chi connectivity index (χ1v) is 11.8. The molecule has 0 unspecified atom stereocenters. The highest BCUT2D eigenvalue weighted by molar-refractivity contribution is 6.05. The first-order chi connectivity index (χ1) is 16.8. The van der Waals surface area contributed by atoms with Gasteiger partial charge < -0.3 is 19.3 Å². The molecule has 0 saturated carbocycles. The zero-order valence-corrected chi connectivity index (χ0v) is 20.9. The van der Waals surface area contributed by atoms with Crippen LogP contribution in [0.25, 0.3) is 0 Å². The molecule has 0 aliphatic carbocycles. The normalized spacial score (nSPS) is 17.5. The van der Waals surface area contributed by atoms with Crippen LogP contribution < -0.4 is 19.3 Å². The van der Waals surface area contributed by atoms with Gasteiger partial charge in [-0.1, -0.05) is 38.1 Å². The maximum absolute atomic E-state index is 13.8. The van der Waals surface area contributed by atoms with Gasteiger partial charge in [0.2, 0.25) is 11.8 Å². The molecule has 0 N–H and O–H groups in total. The first-order valence-electron chi connectivity index (χ1n) is 11.8. The molecule has 1 aliphatic heterocycles. The van der Waals surface area contributed by atoms with Gasteiger partial charge in [-0.2, -0.15) is 0 Å². The van der Waals surface area contributed by atoms with E-state index in [4.69, 9.17) is 9.47 Å². The van der Waals surface area contributed by atoms with Crippen LogP contribution in [0.4, 0.5) is 11.4 Å². The van der Waals surface area contributed by atoms with Crippen molar-refractivity contribution in [1.82, 2.24) is 0 Å². The molecule has 3 aromatic rings. The van der Waals surface area contributed by atoms with E-state index in [0.29, 0.717) is 11.7 Å². The summed E-state index contributed by atoms with van der Waals surface area (Å²) in [5, 5.41) is 0. The van der Waals surface area contributed by atoms with Gasteiger partial charge in [-0.25, -0.2) is 0 Å². The number of hydrogen-bond donors (Lipinski definition) is 0. The van der Waals surface area contributed by atoms with Crippen molar-refractivity contribution in [3.05, 3.63) is 83.9 Å². The highest BCUT2D eigenvalue weighted by Crippen LogP contribution is 2.43. The number of nitrogens with zero attached hydrogens (tertiary/aromatic N) is 2. The number of methoxy groups -OCH3 is 2. The molecule has 0 aromatic heterocycles. The molecule has 35 heavy (non-hydrogen) atoms. The lowest BCUT2D eigenvalue weighted by Crippen LogP contribution is -2.37. The van der Waals surface area contributed by atoms with Crippen molar-refractivity contribution in [3.63, 3.8) is 0 Å². The summed E-state index contributed by atoms with van der Waals surface area (Å²) < 4.78 is 10.6. The molecule has 3 aromatic carbocycles. The van der Waals surface area contributed by atoms with Gasteiger partial charge in [-0.15, -0.1) is 0 Å². The Morgan fingerprint density at radius 3 is 1.94 bits per heavy atom. The summed E-state index contributed by atoms with van der Waals surface area (Å²) in [4.78, 5) is 30.5. The Labute approximate surface area is 207 Å². The molecule has 0 bridgehead atoms. The monoisotopic (exact) mass is 472 g/mol. The molecule has 1 aliphatic rings. The molecule has 182 valence electrons. The van der Waals surface area contributed by atoms with Gasteiger partial charge in [-0.05, 0) is 65.6 Å². The van der Waals surface area contributed by atoms with Crippen LogP contribution in [0.2, 0.25) is 0 Å². The summed E-state index contributed by atoms with van der Waals surface area (Å²) in [5.41, 5.74) is 3.64. The van der Waals surface area contributed by atoms with Gasteiger partial charge in [0, 0.05) is 24.8 Å². The van der Waals surface area contributed by atoms with Crippen molar-refractivity contribution in [2.75, 3.05) is 31.1 Å². The van der Waals surface area contributed by atoms with Crippen LogP contribution in [0.1, 0.15) is 43.4 Å². The number of rotatable bonds is 7. The van der Waals surface area contributed by atoms with Gasteiger partial charge in [-0.3, -0.25) is 9.59 Å². The van der Waals surface area contributed by atoms with Gasteiger partial charge in [0.1, 0.15) is 11.5 Å². The number of benzene rings is 3. The number of ether oxygens (including phenoxy) is 2. The van der Waals surface area contributed by atoms with E-state index in [1.807, 2.05) is 72.8 Å². The van der Waals surface area contributed by atoms with Crippen LogP contribution in [0.15, 0.2) is 72.8 Å². The standard InChI is InChI=1S/C29H32N2O4/c1-19(2)20-6-10-22(11-7-20)30(3)29(33)26-18-27(32)31(23-12-16-25(35-5)17-13-23)28(26)21-8-14-24(34-4)15-9-21/h6-17,19,26,28H,18H2,1-5H3/t26-,28+/m1/s1. The molecule has 1 heterocycles. The summed E-state index contributed by atoms with van der Waals surface area (Å²) in [6.45, 7) is 4.28. The minimum atomic E-state index is -0.534. The zero-order chi connectivity index (χ0) is 25.1. The quantitative estimate of drug-likeness (QED) is 0.450. The molecule has 6 nitrogen and oxygen atoms in total. The van der Waals surface area contributed by atoms with Crippen LogP contribution in [-0.4, -0.2) is 33.1 Å². The third-order valence-electron chi connectivity index (χ3n) is 6.73. The van der Waals surface area contributed by atoms with E-state index < -0.39 is 12.0 Å². The maximum Gasteiger partial charge on any atom is 0.232 e. The van der Waals surface area contributed by atoms with Crippen LogP contribution in [0, 0.1) is 5.92 Å². The van der Waals surface area contributed by atoms with Crippen LogP contribution in [-0.2, 0) is 9.59 Å². The van der Waals surface area contributed by atoms with E-state index in [0.717, 1.165) is 22.7 Å². The minimum Gasteiger partial charge on any atom is -0.497 e. The number of amides is 2. The fourth-order valence-corrected chi connectivity index (χ4v) is 4.64. The molecular weight excluding hydrogens is 440 g/mol. The minimum absolute atomic E-state index is 0.0853. The second-order valence-electron chi connectivity index (χ2n) is 9.13. The van der Waals surface area contributed by atoms with E-state index in [-0.39, 0.29) is 18.2 Å². The second kappa shape index (κ2) is 10.2. The lowest BCUT2D eigenvalue weighted by Gasteiger charge is -2.30. The number of hydrogen-bond acceptors (Lipinski definition) is 4. The van der Waals surface area contributed by atoms with Crippen molar-refractivity contribution < 1.29 is 19.1 Å². The smallest absolute Gasteiger partial charge is 0.232 e. The van der Waals surface area contributed by atoms with Crippen molar-refractivity contribution in [2.45, 2.75) is 32.2 Å². The van der Waals surface area contributed by atoms with E-state index in [1.54, 1.807) is 31.1 Å². The average molecular weight is 473 g/mol. The van der Waals surface area contributed by atoms with Gasteiger partial charge >= 0.3 is 0 Å². The molecule has 0 spiro atoms. The molecular formula is C29H32N2O4. The molecule has 2 amide bonds. The highest BCUT2D eigenvalue weighted by Gasteiger charge is 2.46. The topological polar surface area (TPSA) is 59.1 Å². The first kappa shape index (κ1) is 24.3. The van der Waals surface area contributed by atoms with Crippen molar-refractivity contribution >= 4 is 23.2 Å². The highest BCUT2D eigenvalue weighted by atomic mass is 16.5.